The van der Waals surface area contributed by atoms with Gasteiger partial charge in [-0.3, -0.25) is 9.97 Å². The molecule has 0 aliphatic carbocycles. The molecule has 8 heteroatoms. The first-order chi connectivity index (χ1) is 14.9. The smallest absolute Gasteiger partial charge is 0.175 e. The summed E-state index contributed by atoms with van der Waals surface area (Å²) in [5.41, 5.74) is 3.25. The molecule has 4 rings (SSSR count). The van der Waals surface area contributed by atoms with E-state index >= 15 is 0 Å². The van der Waals surface area contributed by atoms with Crippen molar-refractivity contribution in [2.75, 3.05) is 11.2 Å². The van der Waals surface area contributed by atoms with E-state index in [2.05, 4.69) is 15.0 Å². The molecule has 0 N–H and O–H groups in total. The van der Waals surface area contributed by atoms with Gasteiger partial charge in [0.15, 0.2) is 9.84 Å². The summed E-state index contributed by atoms with van der Waals surface area (Å²) in [5.74, 6) is 0. The normalized spacial score (nSPS) is 12.3. The summed E-state index contributed by atoms with van der Waals surface area (Å²) in [6.07, 6.45) is 9.81. The van der Waals surface area contributed by atoms with E-state index in [1.807, 2.05) is 41.3 Å². The van der Waals surface area contributed by atoms with Crippen molar-refractivity contribution in [3.8, 4) is 0 Å². The van der Waals surface area contributed by atoms with Gasteiger partial charge in [-0.05, 0) is 53.6 Å². The molecule has 156 valence electrons. The monoisotopic (exact) mass is 450 g/mol. The molecule has 6 nitrogen and oxygen atoms in total. The fraction of sp³-hybridized carbons (Fsp3) is 0.0870. The average Bonchev–Trinajstić information content (AvgIpc) is 2.79. The third-order valence-electron chi connectivity index (χ3n) is 4.77. The predicted molar refractivity (Wildman–Crippen MR) is 121 cm³/mol. The zero-order chi connectivity index (χ0) is 21.8. The fourth-order valence-electron chi connectivity index (χ4n) is 3.39. The van der Waals surface area contributed by atoms with E-state index in [9.17, 15) is 8.42 Å². The fourth-order valence-corrected chi connectivity index (χ4v) is 4.18. The molecule has 0 aliphatic heterocycles. The van der Waals surface area contributed by atoms with Gasteiger partial charge in [-0.25, -0.2) is 13.4 Å². The third-order valence-corrected chi connectivity index (χ3v) is 6.11. The molecular weight excluding hydrogens is 432 g/mol. The second-order valence-electron chi connectivity index (χ2n) is 6.95. The van der Waals surface area contributed by atoms with E-state index in [4.69, 9.17) is 11.6 Å². The van der Waals surface area contributed by atoms with E-state index in [1.54, 1.807) is 55.2 Å². The molecule has 3 heterocycles. The molecule has 1 unspecified atom stereocenters. The Hall–Kier alpha value is -3.29. The second kappa shape index (κ2) is 8.83. The van der Waals surface area contributed by atoms with Crippen molar-refractivity contribution < 1.29 is 8.42 Å². The number of aromatic nitrogens is 3. The van der Waals surface area contributed by atoms with Gasteiger partial charge in [-0.15, -0.1) is 0 Å². The number of benzene rings is 1. The Labute approximate surface area is 186 Å². The van der Waals surface area contributed by atoms with E-state index in [-0.39, 0.29) is 4.90 Å². The summed E-state index contributed by atoms with van der Waals surface area (Å²) in [6, 6.07) is 17.7. The molecular formula is C23H19ClN4O2S. The Morgan fingerprint density at radius 2 is 1.52 bits per heavy atom. The molecule has 1 aromatic carbocycles. The standard InChI is InChI=1S/C23H19ClN4O2S/c1-31(29,30)21-8-2-5-17(13-21)23(18-9-10-22(24)27-14-18)28(19-6-3-11-25-15-19)20-7-4-12-26-16-20/h2-16,23H,1H3. The van der Waals surface area contributed by atoms with Crippen molar-refractivity contribution >= 4 is 32.8 Å². The van der Waals surface area contributed by atoms with Gasteiger partial charge in [0.1, 0.15) is 5.15 Å². The summed E-state index contributed by atoms with van der Waals surface area (Å²) in [5, 5.41) is 0.377. The Morgan fingerprint density at radius 3 is 2.03 bits per heavy atom. The lowest BCUT2D eigenvalue weighted by Gasteiger charge is -2.34. The van der Waals surface area contributed by atoms with Crippen molar-refractivity contribution in [3.63, 3.8) is 0 Å². The molecule has 0 saturated carbocycles. The van der Waals surface area contributed by atoms with Crippen LogP contribution in [0.4, 0.5) is 11.4 Å². The van der Waals surface area contributed by atoms with Gasteiger partial charge in [-0.1, -0.05) is 29.8 Å². The number of hydrogen-bond acceptors (Lipinski definition) is 6. The lowest BCUT2D eigenvalue weighted by molar-refractivity contribution is 0.601. The summed E-state index contributed by atoms with van der Waals surface area (Å²) in [7, 11) is -3.38. The first-order valence-electron chi connectivity index (χ1n) is 9.44. The van der Waals surface area contributed by atoms with Crippen molar-refractivity contribution in [1.82, 2.24) is 15.0 Å². The van der Waals surface area contributed by atoms with Crippen LogP contribution in [0.2, 0.25) is 5.15 Å². The van der Waals surface area contributed by atoms with Crippen LogP contribution in [0, 0.1) is 0 Å². The topological polar surface area (TPSA) is 76.1 Å². The molecule has 31 heavy (non-hydrogen) atoms. The van der Waals surface area contributed by atoms with Crippen LogP contribution < -0.4 is 4.90 Å². The molecule has 0 aliphatic rings. The summed E-state index contributed by atoms with van der Waals surface area (Å²) >= 11 is 6.04. The Kier molecular flexibility index (Phi) is 5.97. The van der Waals surface area contributed by atoms with Crippen LogP contribution >= 0.6 is 11.6 Å². The van der Waals surface area contributed by atoms with Crippen LogP contribution in [-0.4, -0.2) is 29.6 Å². The summed E-state index contributed by atoms with van der Waals surface area (Å²) in [4.78, 5) is 15.1. The maximum absolute atomic E-state index is 12.2. The minimum Gasteiger partial charge on any atom is -0.327 e. The van der Waals surface area contributed by atoms with E-state index in [0.717, 1.165) is 22.5 Å². The van der Waals surface area contributed by atoms with Crippen LogP contribution in [0.1, 0.15) is 17.2 Å². The number of anilines is 2. The molecule has 0 saturated heterocycles. The molecule has 3 aromatic heterocycles. The highest BCUT2D eigenvalue weighted by molar-refractivity contribution is 7.90. The van der Waals surface area contributed by atoms with E-state index in [0.29, 0.717) is 5.15 Å². The Bertz CT molecular complexity index is 1230. The van der Waals surface area contributed by atoms with Crippen LogP contribution in [0.15, 0.2) is 96.5 Å². The highest BCUT2D eigenvalue weighted by Crippen LogP contribution is 2.39. The first-order valence-corrected chi connectivity index (χ1v) is 11.7. The molecule has 4 aromatic rings. The molecule has 0 spiro atoms. The minimum atomic E-state index is -3.38. The molecule has 1 atom stereocenters. The lowest BCUT2D eigenvalue weighted by atomic mass is 9.97. The Morgan fingerprint density at radius 1 is 0.839 bits per heavy atom. The largest absolute Gasteiger partial charge is 0.327 e. The average molecular weight is 451 g/mol. The summed E-state index contributed by atoms with van der Waals surface area (Å²) < 4.78 is 24.5. The quantitative estimate of drug-likeness (QED) is 0.390. The zero-order valence-corrected chi connectivity index (χ0v) is 18.2. The maximum atomic E-state index is 12.2. The van der Waals surface area contributed by atoms with Gasteiger partial charge in [0.2, 0.25) is 0 Å². The van der Waals surface area contributed by atoms with Crippen LogP contribution in [0.25, 0.3) is 0 Å². The van der Waals surface area contributed by atoms with Gasteiger partial charge in [0.05, 0.1) is 34.7 Å². The molecule has 0 amide bonds. The number of halogens is 1. The van der Waals surface area contributed by atoms with Crippen LogP contribution in [-0.2, 0) is 9.84 Å². The van der Waals surface area contributed by atoms with Crippen LogP contribution in [0.3, 0.4) is 0 Å². The number of pyridine rings is 3. The number of nitrogens with zero attached hydrogens (tertiary/aromatic N) is 4. The highest BCUT2D eigenvalue weighted by Gasteiger charge is 2.26. The van der Waals surface area contributed by atoms with Crippen molar-refractivity contribution in [2.45, 2.75) is 10.9 Å². The minimum absolute atomic E-state index is 0.245. The van der Waals surface area contributed by atoms with Gasteiger partial charge >= 0.3 is 0 Å². The van der Waals surface area contributed by atoms with Gasteiger partial charge in [-0.2, -0.15) is 0 Å². The van der Waals surface area contributed by atoms with Crippen molar-refractivity contribution in [1.29, 1.82) is 0 Å². The van der Waals surface area contributed by atoms with Gasteiger partial charge in [0, 0.05) is 24.8 Å². The third kappa shape index (κ3) is 4.73. The van der Waals surface area contributed by atoms with Crippen molar-refractivity contribution in [3.05, 3.63) is 108 Å². The molecule has 0 bridgehead atoms. The number of rotatable bonds is 6. The zero-order valence-electron chi connectivity index (χ0n) is 16.6. The lowest BCUT2D eigenvalue weighted by Crippen LogP contribution is -2.25. The van der Waals surface area contributed by atoms with Gasteiger partial charge in [0.25, 0.3) is 0 Å². The van der Waals surface area contributed by atoms with Gasteiger partial charge < -0.3 is 4.90 Å². The number of sulfone groups is 1. The second-order valence-corrected chi connectivity index (χ2v) is 9.36. The SMILES string of the molecule is CS(=O)(=O)c1cccc(C(c2ccc(Cl)nc2)N(c2cccnc2)c2cccnc2)c1. The highest BCUT2D eigenvalue weighted by atomic mass is 35.5. The molecule has 0 fully saturated rings. The van der Waals surface area contributed by atoms with Crippen LogP contribution in [0.5, 0.6) is 0 Å². The van der Waals surface area contributed by atoms with E-state index < -0.39 is 15.9 Å². The maximum Gasteiger partial charge on any atom is 0.175 e. The van der Waals surface area contributed by atoms with E-state index in [1.165, 1.54) is 6.26 Å². The Balaban J connectivity index is 1.97. The number of hydrogen-bond donors (Lipinski definition) is 0. The first kappa shape index (κ1) is 21.0. The molecule has 0 radical (unpaired) electrons. The van der Waals surface area contributed by atoms with Crippen molar-refractivity contribution in [2.24, 2.45) is 0 Å². The summed E-state index contributed by atoms with van der Waals surface area (Å²) in [6.45, 7) is 0. The predicted octanol–water partition coefficient (Wildman–Crippen LogP) is 4.86.